The van der Waals surface area contributed by atoms with Gasteiger partial charge in [-0.2, -0.15) is 0 Å². The minimum atomic E-state index is 0.149. The summed E-state index contributed by atoms with van der Waals surface area (Å²) < 4.78 is 0. The molecule has 0 aromatic rings. The van der Waals surface area contributed by atoms with Crippen LogP contribution in [0.1, 0.15) is 51.9 Å². The van der Waals surface area contributed by atoms with E-state index in [0.717, 1.165) is 25.1 Å². The Morgan fingerprint density at radius 2 is 1.71 bits per heavy atom. The van der Waals surface area contributed by atoms with E-state index in [-0.39, 0.29) is 5.91 Å². The van der Waals surface area contributed by atoms with Gasteiger partial charge < -0.3 is 4.90 Å². The van der Waals surface area contributed by atoms with Gasteiger partial charge in [0.1, 0.15) is 0 Å². The number of allylic oxidation sites excluding steroid dienone is 1. The van der Waals surface area contributed by atoms with Gasteiger partial charge in [-0.15, -0.1) is 0 Å². The minimum absolute atomic E-state index is 0.149. The van der Waals surface area contributed by atoms with Crippen LogP contribution in [0.2, 0.25) is 0 Å². The Balaban J connectivity index is 2.51. The fourth-order valence-electron chi connectivity index (χ4n) is 1.98. The second kappa shape index (κ2) is 5.84. The molecule has 0 aliphatic carbocycles. The number of carbonyl (C=O) groups excluding carboxylic acids is 1. The lowest BCUT2D eigenvalue weighted by Crippen LogP contribution is -2.28. The minimum Gasteiger partial charge on any atom is -0.317 e. The lowest BCUT2D eigenvalue weighted by Gasteiger charge is -2.24. The third-order valence-electron chi connectivity index (χ3n) is 2.86. The van der Waals surface area contributed by atoms with E-state index in [4.69, 9.17) is 0 Å². The van der Waals surface area contributed by atoms with Crippen LogP contribution in [0.15, 0.2) is 12.3 Å². The van der Waals surface area contributed by atoms with E-state index in [9.17, 15) is 4.79 Å². The molecular formula is C12H21NO. The Bertz CT molecular complexity index is 210. The molecule has 0 radical (unpaired) electrons. The molecule has 2 heteroatoms. The fraction of sp³-hybridized carbons (Fsp3) is 0.750. The molecule has 1 amide bonds. The standard InChI is InChI=1S/C12H21NO/c1-11-9-7-5-3-4-6-8-10-13(11)12(2)14/h1,3-10H2,2H3. The largest absolute Gasteiger partial charge is 0.317 e. The van der Waals surface area contributed by atoms with E-state index in [1.807, 2.05) is 4.90 Å². The molecule has 1 saturated heterocycles. The van der Waals surface area contributed by atoms with Crippen LogP contribution in [-0.4, -0.2) is 17.4 Å². The summed E-state index contributed by atoms with van der Waals surface area (Å²) in [4.78, 5) is 13.2. The van der Waals surface area contributed by atoms with Gasteiger partial charge in [-0.05, 0) is 19.3 Å². The van der Waals surface area contributed by atoms with E-state index in [1.165, 1.54) is 32.1 Å². The van der Waals surface area contributed by atoms with Crippen molar-refractivity contribution in [3.05, 3.63) is 12.3 Å². The zero-order valence-electron chi connectivity index (χ0n) is 9.22. The molecule has 14 heavy (non-hydrogen) atoms. The van der Waals surface area contributed by atoms with Crippen LogP contribution < -0.4 is 0 Å². The summed E-state index contributed by atoms with van der Waals surface area (Å²) in [6.45, 7) is 6.50. The van der Waals surface area contributed by atoms with E-state index < -0.39 is 0 Å². The zero-order valence-corrected chi connectivity index (χ0v) is 9.22. The maximum atomic E-state index is 11.3. The summed E-state index contributed by atoms with van der Waals surface area (Å²) in [5, 5.41) is 0. The normalized spacial score (nSPS) is 20.6. The van der Waals surface area contributed by atoms with Crippen molar-refractivity contribution in [3.63, 3.8) is 0 Å². The smallest absolute Gasteiger partial charge is 0.223 e. The first-order valence-electron chi connectivity index (χ1n) is 5.67. The summed E-state index contributed by atoms with van der Waals surface area (Å²) in [7, 11) is 0. The summed E-state index contributed by atoms with van der Waals surface area (Å²) in [5.41, 5.74) is 1.01. The van der Waals surface area contributed by atoms with Crippen molar-refractivity contribution in [3.8, 4) is 0 Å². The molecule has 2 nitrogen and oxygen atoms in total. The van der Waals surface area contributed by atoms with E-state index >= 15 is 0 Å². The fourth-order valence-corrected chi connectivity index (χ4v) is 1.98. The van der Waals surface area contributed by atoms with Gasteiger partial charge in [-0.1, -0.05) is 32.3 Å². The molecule has 0 aromatic carbocycles. The first-order valence-corrected chi connectivity index (χ1v) is 5.67. The van der Waals surface area contributed by atoms with Crippen LogP contribution in [0.3, 0.4) is 0 Å². The molecule has 0 saturated carbocycles. The van der Waals surface area contributed by atoms with Gasteiger partial charge in [0.15, 0.2) is 0 Å². The monoisotopic (exact) mass is 195 g/mol. The molecule has 0 unspecified atom stereocenters. The van der Waals surface area contributed by atoms with Crippen molar-refractivity contribution < 1.29 is 4.79 Å². The Morgan fingerprint density at radius 1 is 1.14 bits per heavy atom. The first-order chi connectivity index (χ1) is 6.72. The molecule has 0 atom stereocenters. The van der Waals surface area contributed by atoms with Crippen molar-refractivity contribution in [2.75, 3.05) is 6.54 Å². The molecule has 1 fully saturated rings. The Labute approximate surface area is 87.0 Å². The zero-order chi connectivity index (χ0) is 10.4. The Hall–Kier alpha value is -0.790. The number of carbonyl (C=O) groups is 1. The third kappa shape index (κ3) is 3.52. The topological polar surface area (TPSA) is 20.3 Å². The number of rotatable bonds is 0. The highest BCUT2D eigenvalue weighted by Gasteiger charge is 2.12. The average molecular weight is 195 g/mol. The quantitative estimate of drug-likeness (QED) is 0.581. The maximum absolute atomic E-state index is 11.3. The summed E-state index contributed by atoms with van der Waals surface area (Å²) >= 11 is 0. The molecule has 80 valence electrons. The molecular weight excluding hydrogens is 174 g/mol. The average Bonchev–Trinajstić information content (AvgIpc) is 2.15. The van der Waals surface area contributed by atoms with Crippen molar-refractivity contribution in [1.29, 1.82) is 0 Å². The van der Waals surface area contributed by atoms with Gasteiger partial charge in [0.05, 0.1) is 0 Å². The van der Waals surface area contributed by atoms with Crippen LogP contribution in [0.4, 0.5) is 0 Å². The van der Waals surface area contributed by atoms with E-state index in [0.29, 0.717) is 0 Å². The molecule has 1 rings (SSSR count). The molecule has 1 heterocycles. The van der Waals surface area contributed by atoms with E-state index in [2.05, 4.69) is 6.58 Å². The summed E-state index contributed by atoms with van der Waals surface area (Å²) in [5.74, 6) is 0.149. The lowest BCUT2D eigenvalue weighted by atomic mass is 10.1. The first kappa shape index (κ1) is 11.3. The van der Waals surface area contributed by atoms with Gasteiger partial charge in [0.2, 0.25) is 5.91 Å². The SMILES string of the molecule is C=C1CCCCCCCCN1C(C)=O. The van der Waals surface area contributed by atoms with Crippen molar-refractivity contribution in [2.45, 2.75) is 51.9 Å². The second-order valence-electron chi connectivity index (χ2n) is 4.11. The number of hydrogen-bond donors (Lipinski definition) is 0. The maximum Gasteiger partial charge on any atom is 0.223 e. The molecule has 1 aliphatic heterocycles. The van der Waals surface area contributed by atoms with Crippen molar-refractivity contribution in [2.24, 2.45) is 0 Å². The lowest BCUT2D eigenvalue weighted by molar-refractivity contribution is -0.127. The Morgan fingerprint density at radius 3 is 2.36 bits per heavy atom. The van der Waals surface area contributed by atoms with Crippen LogP contribution in [0.5, 0.6) is 0 Å². The van der Waals surface area contributed by atoms with Crippen LogP contribution in [-0.2, 0) is 4.79 Å². The number of amides is 1. The molecule has 1 aliphatic rings. The molecule has 0 aromatic heterocycles. The molecule has 0 bridgehead atoms. The van der Waals surface area contributed by atoms with Crippen LogP contribution >= 0.6 is 0 Å². The van der Waals surface area contributed by atoms with Crippen LogP contribution in [0.25, 0.3) is 0 Å². The van der Waals surface area contributed by atoms with Gasteiger partial charge in [0, 0.05) is 19.2 Å². The van der Waals surface area contributed by atoms with Gasteiger partial charge >= 0.3 is 0 Å². The summed E-state index contributed by atoms with van der Waals surface area (Å²) in [6, 6.07) is 0. The summed E-state index contributed by atoms with van der Waals surface area (Å²) in [6.07, 6.45) is 8.48. The van der Waals surface area contributed by atoms with Crippen LogP contribution in [0, 0.1) is 0 Å². The van der Waals surface area contributed by atoms with E-state index in [1.54, 1.807) is 6.92 Å². The predicted molar refractivity (Wildman–Crippen MR) is 58.8 cm³/mol. The second-order valence-corrected chi connectivity index (χ2v) is 4.11. The number of nitrogens with zero attached hydrogens (tertiary/aromatic N) is 1. The molecule has 0 spiro atoms. The molecule has 0 N–H and O–H groups in total. The highest BCUT2D eigenvalue weighted by Crippen LogP contribution is 2.17. The Kier molecular flexibility index (Phi) is 4.71. The van der Waals surface area contributed by atoms with Crippen molar-refractivity contribution >= 4 is 5.91 Å². The van der Waals surface area contributed by atoms with Gasteiger partial charge in [0.25, 0.3) is 0 Å². The van der Waals surface area contributed by atoms with Crippen molar-refractivity contribution in [1.82, 2.24) is 4.90 Å². The third-order valence-corrected chi connectivity index (χ3v) is 2.86. The highest BCUT2D eigenvalue weighted by molar-refractivity contribution is 5.75. The highest BCUT2D eigenvalue weighted by atomic mass is 16.2. The van der Waals surface area contributed by atoms with Gasteiger partial charge in [-0.3, -0.25) is 4.79 Å². The van der Waals surface area contributed by atoms with Gasteiger partial charge in [-0.25, -0.2) is 0 Å². The predicted octanol–water partition coefficient (Wildman–Crippen LogP) is 3.09. The number of hydrogen-bond acceptors (Lipinski definition) is 1.